The molecule has 1 N–H and O–H groups in total. The number of aromatic nitrogens is 4. The Balaban J connectivity index is 0.00000192. The summed E-state index contributed by atoms with van der Waals surface area (Å²) in [6.07, 6.45) is 6.69. The van der Waals surface area contributed by atoms with E-state index in [-0.39, 0.29) is 52.3 Å². The summed E-state index contributed by atoms with van der Waals surface area (Å²) in [4.78, 5) is 26.4. The zero-order valence-corrected chi connectivity index (χ0v) is 31.7. The third-order valence-electron chi connectivity index (χ3n) is 7.78. The van der Waals surface area contributed by atoms with Gasteiger partial charge in [-0.3, -0.25) is 23.9 Å². The van der Waals surface area contributed by atoms with Crippen LogP contribution in [0.4, 0.5) is 0 Å². The number of carbonyl (C=O) groups excluding carboxylic acids is 1. The first kappa shape index (κ1) is 37.4. The molecule has 0 spiro atoms. The topological polar surface area (TPSA) is 101 Å². The minimum Gasteiger partial charge on any atom is -0.850 e. The maximum absolute atomic E-state index is 13.6. The molecule has 0 saturated carbocycles. The maximum Gasteiger partial charge on any atom is 2.00 e. The van der Waals surface area contributed by atoms with Gasteiger partial charge >= 0.3 is 39.0 Å². The molecule has 4 aromatic rings. The molecule has 230 valence electrons. The van der Waals surface area contributed by atoms with E-state index in [9.17, 15) is 9.90 Å². The number of amides is 1. The number of methoxy groups -OCH3 is 1. The minimum atomic E-state index is -0.817. The van der Waals surface area contributed by atoms with Crippen LogP contribution in [0, 0.1) is 12.1 Å². The number of rotatable bonds is 10. The Bertz CT molecular complexity index is 1530. The summed E-state index contributed by atoms with van der Waals surface area (Å²) >= 11 is 0. The molecule has 6 rings (SSSR count). The first-order valence-corrected chi connectivity index (χ1v) is 14.6. The molecule has 0 bridgehead atoms. The Morgan fingerprint density at radius 1 is 0.891 bits per heavy atom. The molecular weight excluding hydrogens is 685 g/mol. The molecule has 1 amide bonds. The van der Waals surface area contributed by atoms with E-state index in [1.165, 1.54) is 0 Å². The molecule has 12 heteroatoms. The van der Waals surface area contributed by atoms with Gasteiger partial charge in [-0.25, -0.2) is 0 Å². The first-order valence-electron chi connectivity index (χ1n) is 14.6. The first-order chi connectivity index (χ1) is 21.1. The van der Waals surface area contributed by atoms with Gasteiger partial charge in [-0.05, 0) is 31.3 Å². The van der Waals surface area contributed by atoms with Gasteiger partial charge in [0.2, 0.25) is 5.91 Å². The van der Waals surface area contributed by atoms with E-state index < -0.39 is 6.10 Å². The Morgan fingerprint density at radius 3 is 2.07 bits per heavy atom. The number of hydrogen-bond donors (Lipinski definition) is 1. The van der Waals surface area contributed by atoms with Crippen molar-refractivity contribution in [3.8, 4) is 0 Å². The van der Waals surface area contributed by atoms with Crippen LogP contribution in [0.1, 0.15) is 40.6 Å². The second kappa shape index (κ2) is 17.7. The molecule has 0 saturated heterocycles. The van der Waals surface area contributed by atoms with Crippen molar-refractivity contribution in [1.29, 1.82) is 0 Å². The van der Waals surface area contributed by atoms with E-state index in [1.54, 1.807) is 19.5 Å². The fourth-order valence-electron chi connectivity index (χ4n) is 5.80. The van der Waals surface area contributed by atoms with Crippen molar-refractivity contribution in [3.05, 3.63) is 132 Å². The van der Waals surface area contributed by atoms with E-state index >= 15 is 0 Å². The number of pyridine rings is 4. The number of hydrogen-bond acceptors (Lipinski definition) is 7. The van der Waals surface area contributed by atoms with Crippen molar-refractivity contribution in [2.75, 3.05) is 46.4 Å². The minimum absolute atomic E-state index is 0. The SMILES string of the molecule is C.COCCNC(=O)c1ccc2[n+](c1)[C-](c1ccccn1)CN(CC([O-])CN1Cc3cccc[n+]3[C-](c3ccccn3)C1)C2.[Zn+2].[Zn+2]. The molecule has 10 nitrogen and oxygen atoms in total. The van der Waals surface area contributed by atoms with Crippen molar-refractivity contribution in [1.82, 2.24) is 25.1 Å². The van der Waals surface area contributed by atoms with Crippen LogP contribution >= 0.6 is 0 Å². The van der Waals surface area contributed by atoms with Crippen molar-refractivity contribution in [2.45, 2.75) is 26.6 Å². The van der Waals surface area contributed by atoms with Crippen LogP contribution in [0.2, 0.25) is 0 Å². The summed E-state index contributed by atoms with van der Waals surface area (Å²) < 4.78 is 9.30. The normalized spacial score (nSPS) is 14.9. The number of nitrogens with zero attached hydrogens (tertiary/aromatic N) is 6. The molecular formula is C34H40N7O3Zn2+3. The van der Waals surface area contributed by atoms with E-state index in [0.717, 1.165) is 34.9 Å². The Morgan fingerprint density at radius 2 is 1.48 bits per heavy atom. The summed E-state index contributed by atoms with van der Waals surface area (Å²) in [6, 6.07) is 23.7. The number of ether oxygens (including phenoxy) is 1. The Labute approximate surface area is 297 Å². The molecule has 46 heavy (non-hydrogen) atoms. The fourth-order valence-corrected chi connectivity index (χ4v) is 5.80. The van der Waals surface area contributed by atoms with E-state index in [1.807, 2.05) is 66.9 Å². The van der Waals surface area contributed by atoms with Gasteiger partial charge in [0.15, 0.2) is 0 Å². The van der Waals surface area contributed by atoms with Crippen molar-refractivity contribution in [3.63, 3.8) is 0 Å². The average molecular weight is 726 g/mol. The predicted octanol–water partition coefficient (Wildman–Crippen LogP) is 0.976. The van der Waals surface area contributed by atoms with Gasteiger partial charge in [0.1, 0.15) is 29.7 Å². The average Bonchev–Trinajstić information content (AvgIpc) is 3.04. The molecule has 1 unspecified atom stereocenters. The van der Waals surface area contributed by atoms with Crippen LogP contribution in [0.5, 0.6) is 0 Å². The van der Waals surface area contributed by atoms with Crippen molar-refractivity contribution in [2.24, 2.45) is 0 Å². The number of fused-ring (bicyclic) bond motifs is 2. The second-order valence-corrected chi connectivity index (χ2v) is 10.9. The largest absolute Gasteiger partial charge is 2.00 e. The van der Waals surface area contributed by atoms with Gasteiger partial charge in [0.25, 0.3) is 0 Å². The van der Waals surface area contributed by atoms with Crippen molar-refractivity contribution < 1.29 is 62.7 Å². The zero-order chi connectivity index (χ0) is 29.6. The standard InChI is InChI=1S/C33H36N7O3.CH4.2Zn/c1-43-17-15-36-33(42)25-11-12-27-20-38(24-32(40(27)18-25)30-10-3-6-14-35-30)22-28(41)21-37-19-26-8-4-7-16-39(26)31(23-37)29-9-2-5-13-34-29;;;/h2-14,16,18,28H,15,17,19-24H2,1H3,(H,36,42);1H4;;/q-1;;2*+2. The summed E-state index contributed by atoms with van der Waals surface area (Å²) in [5, 5.41) is 16.5. The quantitative estimate of drug-likeness (QED) is 0.113. The molecule has 0 fully saturated rings. The molecule has 0 radical (unpaired) electrons. The van der Waals surface area contributed by atoms with Gasteiger partial charge in [-0.2, -0.15) is 0 Å². The van der Waals surface area contributed by atoms with Crippen LogP contribution in [0.3, 0.4) is 0 Å². The molecule has 0 aromatic carbocycles. The number of nitrogens with one attached hydrogen (secondary N) is 1. The van der Waals surface area contributed by atoms with Crippen LogP contribution in [-0.4, -0.2) is 78.2 Å². The smallest absolute Gasteiger partial charge is 0.850 e. The summed E-state index contributed by atoms with van der Waals surface area (Å²) in [6.45, 7) is 4.20. The fraction of sp³-hybridized carbons (Fsp3) is 0.324. The third kappa shape index (κ3) is 8.82. The van der Waals surface area contributed by atoms with E-state index in [0.29, 0.717) is 58.0 Å². The molecule has 0 aliphatic carbocycles. The monoisotopic (exact) mass is 722 g/mol. The molecule has 2 aliphatic heterocycles. The van der Waals surface area contributed by atoms with Crippen LogP contribution < -0.4 is 19.6 Å². The Hall–Kier alpha value is -3.10. The van der Waals surface area contributed by atoms with E-state index in [2.05, 4.69) is 46.5 Å². The second-order valence-electron chi connectivity index (χ2n) is 10.9. The van der Waals surface area contributed by atoms with Crippen LogP contribution in [0.15, 0.2) is 91.5 Å². The van der Waals surface area contributed by atoms with Gasteiger partial charge < -0.3 is 25.0 Å². The van der Waals surface area contributed by atoms with Gasteiger partial charge in [-0.15, -0.1) is 18.2 Å². The predicted molar refractivity (Wildman–Crippen MR) is 163 cm³/mol. The summed E-state index contributed by atoms with van der Waals surface area (Å²) in [5.41, 5.74) is 4.43. The molecule has 1 atom stereocenters. The van der Waals surface area contributed by atoms with Crippen LogP contribution in [0.25, 0.3) is 0 Å². The molecule has 6 heterocycles. The van der Waals surface area contributed by atoms with Crippen LogP contribution in [-0.2, 0) is 56.8 Å². The zero-order valence-electron chi connectivity index (χ0n) is 25.7. The van der Waals surface area contributed by atoms with Gasteiger partial charge in [0.05, 0.1) is 18.4 Å². The number of carbonyl (C=O) groups is 1. The van der Waals surface area contributed by atoms with Crippen molar-refractivity contribution >= 4 is 5.91 Å². The summed E-state index contributed by atoms with van der Waals surface area (Å²) in [7, 11) is 1.61. The molecule has 2 aliphatic rings. The third-order valence-corrected chi connectivity index (χ3v) is 7.78. The Kier molecular flexibility index (Phi) is 14.4. The maximum atomic E-state index is 13.6. The van der Waals surface area contributed by atoms with Gasteiger partial charge in [-0.1, -0.05) is 43.8 Å². The van der Waals surface area contributed by atoms with E-state index in [4.69, 9.17) is 4.74 Å². The van der Waals surface area contributed by atoms with Gasteiger partial charge in [0, 0.05) is 63.6 Å². The molecule has 4 aromatic heterocycles. The summed E-state index contributed by atoms with van der Waals surface area (Å²) in [5.74, 6) is -0.155.